The van der Waals surface area contributed by atoms with Crippen LogP contribution in [-0.2, 0) is 0 Å². The fourth-order valence-corrected chi connectivity index (χ4v) is 1.15. The number of phenols is 1. The summed E-state index contributed by atoms with van der Waals surface area (Å²) in [6.07, 6.45) is 4.46. The average Bonchev–Trinajstić information content (AvgIpc) is 2.17. The van der Waals surface area contributed by atoms with E-state index in [2.05, 4.69) is 6.92 Å². The second-order valence-corrected chi connectivity index (χ2v) is 3.69. The molecule has 0 heterocycles. The van der Waals surface area contributed by atoms with Crippen LogP contribution in [0.3, 0.4) is 0 Å². The van der Waals surface area contributed by atoms with Gasteiger partial charge in [-0.25, -0.2) is 0 Å². The van der Waals surface area contributed by atoms with E-state index in [0.717, 1.165) is 5.92 Å². The molecule has 1 saturated carbocycles. The lowest BCUT2D eigenvalue weighted by Crippen LogP contribution is -2.04. The molecule has 1 aromatic rings. The molecule has 0 radical (unpaired) electrons. The van der Waals surface area contributed by atoms with E-state index in [4.69, 9.17) is 10.4 Å². The van der Waals surface area contributed by atoms with Crippen LogP contribution in [0.2, 0.25) is 0 Å². The molecule has 1 aromatic carbocycles. The van der Waals surface area contributed by atoms with Gasteiger partial charge in [0, 0.05) is 0 Å². The summed E-state index contributed by atoms with van der Waals surface area (Å²) in [6, 6.07) is 8.04. The van der Waals surface area contributed by atoms with Crippen molar-refractivity contribution >= 4 is 0 Å². The third-order valence-electron chi connectivity index (χ3n) is 2.39. The molecular weight excluding hydrogens is 174 g/mol. The molecule has 2 rings (SSSR count). The highest BCUT2D eigenvalue weighted by Gasteiger charge is 2.09. The maximum Gasteiger partial charge on any atom is 0.115 e. The Kier molecular flexibility index (Phi) is 4.00. The number of benzene rings is 1. The molecule has 0 spiro atoms. The van der Waals surface area contributed by atoms with Crippen LogP contribution in [0.1, 0.15) is 31.7 Å². The van der Waals surface area contributed by atoms with E-state index in [-0.39, 0.29) is 5.75 Å². The lowest BCUT2D eigenvalue weighted by atomic mass is 9.88. The van der Waals surface area contributed by atoms with Gasteiger partial charge >= 0.3 is 0 Å². The molecule has 1 aliphatic carbocycles. The molecule has 74 valence electrons. The van der Waals surface area contributed by atoms with Gasteiger partial charge in [-0.15, -0.1) is 0 Å². The van der Waals surface area contributed by atoms with Crippen LogP contribution >= 0.6 is 0 Å². The van der Waals surface area contributed by atoms with E-state index in [1.54, 1.807) is 12.1 Å². The zero-order valence-electron chi connectivity index (χ0n) is 8.40. The molecular formula is C12H15NO. The molecule has 0 amide bonds. The average molecular weight is 189 g/mol. The van der Waals surface area contributed by atoms with Gasteiger partial charge in [0.05, 0.1) is 11.6 Å². The number of aromatic hydroxyl groups is 1. The number of hydrogen-bond acceptors (Lipinski definition) is 2. The van der Waals surface area contributed by atoms with Gasteiger partial charge in [0.25, 0.3) is 0 Å². The molecule has 1 N–H and O–H groups in total. The lowest BCUT2D eigenvalue weighted by molar-refractivity contribution is 0.346. The van der Waals surface area contributed by atoms with E-state index in [1.165, 1.54) is 31.4 Å². The van der Waals surface area contributed by atoms with Gasteiger partial charge < -0.3 is 5.11 Å². The summed E-state index contributed by atoms with van der Waals surface area (Å²) < 4.78 is 0. The minimum atomic E-state index is 0.189. The predicted octanol–water partition coefficient (Wildman–Crippen LogP) is 3.07. The van der Waals surface area contributed by atoms with E-state index < -0.39 is 0 Å². The third kappa shape index (κ3) is 3.49. The van der Waals surface area contributed by atoms with Crippen LogP contribution < -0.4 is 0 Å². The van der Waals surface area contributed by atoms with Gasteiger partial charge in [-0.3, -0.25) is 0 Å². The van der Waals surface area contributed by atoms with Crippen LogP contribution in [0.4, 0.5) is 0 Å². The van der Waals surface area contributed by atoms with Gasteiger partial charge in [-0.1, -0.05) is 26.2 Å². The van der Waals surface area contributed by atoms with Crippen molar-refractivity contribution in [2.45, 2.75) is 26.2 Å². The largest absolute Gasteiger partial charge is 0.508 e. The van der Waals surface area contributed by atoms with Crippen molar-refractivity contribution in [3.05, 3.63) is 29.8 Å². The first-order valence-corrected chi connectivity index (χ1v) is 4.91. The predicted molar refractivity (Wildman–Crippen MR) is 55.8 cm³/mol. The van der Waals surface area contributed by atoms with E-state index in [0.29, 0.717) is 5.56 Å². The first-order chi connectivity index (χ1) is 6.72. The molecule has 0 saturated heterocycles. The van der Waals surface area contributed by atoms with Gasteiger partial charge in [-0.05, 0) is 30.2 Å². The summed E-state index contributed by atoms with van der Waals surface area (Å²) in [5.74, 6) is 1.25. The maximum atomic E-state index is 8.74. The molecule has 2 nitrogen and oxygen atoms in total. The number of nitriles is 1. The molecule has 0 aliphatic heterocycles. The van der Waals surface area contributed by atoms with E-state index in [1.807, 2.05) is 6.07 Å². The molecule has 0 bridgehead atoms. The van der Waals surface area contributed by atoms with Crippen LogP contribution in [0, 0.1) is 17.2 Å². The lowest BCUT2D eigenvalue weighted by Gasteiger charge is -2.18. The summed E-state index contributed by atoms with van der Waals surface area (Å²) in [5.41, 5.74) is 0.563. The maximum absolute atomic E-state index is 8.74. The first-order valence-electron chi connectivity index (χ1n) is 4.91. The topological polar surface area (TPSA) is 44.0 Å². The summed E-state index contributed by atoms with van der Waals surface area (Å²) >= 11 is 0. The minimum Gasteiger partial charge on any atom is -0.508 e. The molecule has 0 aromatic heterocycles. The van der Waals surface area contributed by atoms with E-state index in [9.17, 15) is 0 Å². The number of phenolic OH excluding ortho intramolecular Hbond substituents is 1. The van der Waals surface area contributed by atoms with Crippen LogP contribution in [0.25, 0.3) is 0 Å². The van der Waals surface area contributed by atoms with Crippen molar-refractivity contribution in [3.63, 3.8) is 0 Å². The van der Waals surface area contributed by atoms with Crippen LogP contribution in [-0.4, -0.2) is 5.11 Å². The zero-order valence-corrected chi connectivity index (χ0v) is 8.40. The zero-order chi connectivity index (χ0) is 10.4. The second-order valence-electron chi connectivity index (χ2n) is 3.69. The highest BCUT2D eigenvalue weighted by Crippen LogP contribution is 2.24. The van der Waals surface area contributed by atoms with Gasteiger partial charge in [0.15, 0.2) is 0 Å². The molecule has 2 heteroatoms. The van der Waals surface area contributed by atoms with E-state index >= 15 is 0 Å². The number of rotatable bonds is 0. The Morgan fingerprint density at radius 2 is 1.79 bits per heavy atom. The molecule has 0 unspecified atom stereocenters. The van der Waals surface area contributed by atoms with Crippen molar-refractivity contribution < 1.29 is 5.11 Å². The molecule has 1 aliphatic rings. The first kappa shape index (κ1) is 10.6. The van der Waals surface area contributed by atoms with Gasteiger partial charge in [0.1, 0.15) is 5.75 Å². The fraction of sp³-hybridized carbons (Fsp3) is 0.417. The van der Waals surface area contributed by atoms with Gasteiger partial charge in [-0.2, -0.15) is 5.26 Å². The Morgan fingerprint density at radius 1 is 1.29 bits per heavy atom. The van der Waals surface area contributed by atoms with Crippen molar-refractivity contribution in [3.8, 4) is 11.8 Å². The Hall–Kier alpha value is -1.49. The fourth-order valence-electron chi connectivity index (χ4n) is 1.15. The second kappa shape index (κ2) is 5.29. The number of nitrogens with zero attached hydrogens (tertiary/aromatic N) is 1. The van der Waals surface area contributed by atoms with Crippen LogP contribution in [0.5, 0.6) is 5.75 Å². The minimum absolute atomic E-state index is 0.189. The van der Waals surface area contributed by atoms with Crippen molar-refractivity contribution in [2.75, 3.05) is 0 Å². The Morgan fingerprint density at radius 3 is 2.07 bits per heavy atom. The molecule has 0 atom stereocenters. The van der Waals surface area contributed by atoms with Crippen molar-refractivity contribution in [1.82, 2.24) is 0 Å². The Labute approximate surface area is 84.8 Å². The van der Waals surface area contributed by atoms with Crippen molar-refractivity contribution in [1.29, 1.82) is 5.26 Å². The smallest absolute Gasteiger partial charge is 0.115 e. The highest BCUT2D eigenvalue weighted by atomic mass is 16.3. The molecule has 14 heavy (non-hydrogen) atoms. The highest BCUT2D eigenvalue weighted by molar-refractivity contribution is 5.33. The third-order valence-corrected chi connectivity index (χ3v) is 2.39. The summed E-state index contributed by atoms with van der Waals surface area (Å²) in [5, 5.41) is 17.0. The number of hydrogen-bond donors (Lipinski definition) is 1. The Bertz CT molecular complexity index is 306. The van der Waals surface area contributed by atoms with Gasteiger partial charge in [0.2, 0.25) is 0 Å². The molecule has 1 fully saturated rings. The Balaban J connectivity index is 0.000000165. The monoisotopic (exact) mass is 189 g/mol. The normalized spacial score (nSPS) is 14.6. The quantitative estimate of drug-likeness (QED) is 0.681. The SMILES string of the molecule is CC1CCC1.N#Cc1ccc(O)cc1. The summed E-state index contributed by atoms with van der Waals surface area (Å²) in [7, 11) is 0. The van der Waals surface area contributed by atoms with Crippen LogP contribution in [0.15, 0.2) is 24.3 Å². The summed E-state index contributed by atoms with van der Waals surface area (Å²) in [4.78, 5) is 0. The standard InChI is InChI=1S/C7H5NO.C5H10/c8-5-6-1-3-7(9)4-2-6;1-5-3-2-4-5/h1-4,9H;5H,2-4H2,1H3. The summed E-state index contributed by atoms with van der Waals surface area (Å²) in [6.45, 7) is 2.31. The van der Waals surface area contributed by atoms with Crippen molar-refractivity contribution in [2.24, 2.45) is 5.92 Å².